The van der Waals surface area contributed by atoms with Crippen molar-refractivity contribution in [1.82, 2.24) is 5.32 Å². The van der Waals surface area contributed by atoms with Gasteiger partial charge in [-0.15, -0.1) is 22.7 Å². The standard InChI is InChI=1S/C16H21NOS2/c18-13-7-5-12(6-8-13)17-15(16-4-2-10-20-16)11-14-3-1-9-19-14/h1-4,9-10,12-13,15,17-18H,5-8,11H2. The minimum Gasteiger partial charge on any atom is -0.393 e. The lowest BCUT2D eigenvalue weighted by molar-refractivity contribution is 0.114. The predicted octanol–water partition coefficient (Wildman–Crippen LogP) is 3.99. The topological polar surface area (TPSA) is 32.3 Å². The molecule has 4 heteroatoms. The summed E-state index contributed by atoms with van der Waals surface area (Å²) in [6.07, 6.45) is 5.05. The Balaban J connectivity index is 1.66. The predicted molar refractivity (Wildman–Crippen MR) is 86.5 cm³/mol. The van der Waals surface area contributed by atoms with Gasteiger partial charge in [0.05, 0.1) is 6.10 Å². The number of rotatable bonds is 5. The number of hydrogen-bond donors (Lipinski definition) is 2. The second-order valence-corrected chi connectivity index (χ2v) is 7.54. The van der Waals surface area contributed by atoms with E-state index in [0.717, 1.165) is 32.1 Å². The molecule has 1 aliphatic rings. The molecule has 0 amide bonds. The Bertz CT molecular complexity index is 487. The van der Waals surface area contributed by atoms with E-state index in [2.05, 4.69) is 40.3 Å². The maximum atomic E-state index is 9.63. The Morgan fingerprint density at radius 3 is 2.50 bits per heavy atom. The van der Waals surface area contributed by atoms with Gasteiger partial charge in [0.1, 0.15) is 0 Å². The molecule has 0 radical (unpaired) electrons. The third-order valence-corrected chi connectivity index (χ3v) is 5.89. The molecule has 108 valence electrons. The second-order valence-electron chi connectivity index (χ2n) is 5.52. The van der Waals surface area contributed by atoms with Gasteiger partial charge < -0.3 is 10.4 Å². The van der Waals surface area contributed by atoms with Crippen molar-refractivity contribution in [2.24, 2.45) is 0 Å². The first-order valence-electron chi connectivity index (χ1n) is 7.31. The third-order valence-electron chi connectivity index (χ3n) is 4.01. The molecule has 2 aromatic rings. The monoisotopic (exact) mass is 307 g/mol. The van der Waals surface area contributed by atoms with Crippen LogP contribution in [0.15, 0.2) is 35.0 Å². The lowest BCUT2D eigenvalue weighted by atomic mass is 9.92. The lowest BCUT2D eigenvalue weighted by Gasteiger charge is -2.30. The molecule has 3 rings (SSSR count). The average Bonchev–Trinajstić information content (AvgIpc) is 3.12. The molecule has 1 atom stereocenters. The van der Waals surface area contributed by atoms with Crippen molar-refractivity contribution in [3.63, 3.8) is 0 Å². The van der Waals surface area contributed by atoms with E-state index in [1.807, 2.05) is 22.7 Å². The van der Waals surface area contributed by atoms with E-state index in [9.17, 15) is 5.11 Å². The molecule has 2 aromatic heterocycles. The smallest absolute Gasteiger partial charge is 0.0541 e. The van der Waals surface area contributed by atoms with E-state index in [1.165, 1.54) is 9.75 Å². The molecular formula is C16H21NOS2. The molecule has 0 spiro atoms. The van der Waals surface area contributed by atoms with Gasteiger partial charge >= 0.3 is 0 Å². The van der Waals surface area contributed by atoms with Gasteiger partial charge in [-0.1, -0.05) is 12.1 Å². The molecular weight excluding hydrogens is 286 g/mol. The van der Waals surface area contributed by atoms with Crippen LogP contribution in [-0.2, 0) is 6.42 Å². The largest absolute Gasteiger partial charge is 0.393 e. The van der Waals surface area contributed by atoms with Crippen LogP contribution >= 0.6 is 22.7 Å². The van der Waals surface area contributed by atoms with Crippen LogP contribution in [0.2, 0.25) is 0 Å². The van der Waals surface area contributed by atoms with Crippen LogP contribution in [0, 0.1) is 0 Å². The third kappa shape index (κ3) is 3.70. The van der Waals surface area contributed by atoms with Crippen LogP contribution in [-0.4, -0.2) is 17.3 Å². The molecule has 0 saturated heterocycles. The average molecular weight is 307 g/mol. The molecule has 20 heavy (non-hydrogen) atoms. The van der Waals surface area contributed by atoms with Crippen molar-refractivity contribution in [2.45, 2.75) is 50.3 Å². The van der Waals surface area contributed by atoms with Crippen LogP contribution in [0.3, 0.4) is 0 Å². The summed E-state index contributed by atoms with van der Waals surface area (Å²) in [5, 5.41) is 17.8. The van der Waals surface area contributed by atoms with Gasteiger partial charge in [-0.05, 0) is 48.6 Å². The minimum atomic E-state index is -0.0782. The van der Waals surface area contributed by atoms with E-state index < -0.39 is 0 Å². The second kappa shape index (κ2) is 6.85. The maximum Gasteiger partial charge on any atom is 0.0541 e. The molecule has 1 unspecified atom stereocenters. The van der Waals surface area contributed by atoms with Crippen LogP contribution in [0.5, 0.6) is 0 Å². The highest BCUT2D eigenvalue weighted by Crippen LogP contribution is 2.28. The van der Waals surface area contributed by atoms with E-state index in [4.69, 9.17) is 0 Å². The van der Waals surface area contributed by atoms with Crippen molar-refractivity contribution in [3.05, 3.63) is 44.8 Å². The molecule has 0 aromatic carbocycles. The molecule has 2 nitrogen and oxygen atoms in total. The van der Waals surface area contributed by atoms with Crippen LogP contribution in [0.25, 0.3) is 0 Å². The molecule has 0 bridgehead atoms. The summed E-state index contributed by atoms with van der Waals surface area (Å²) in [6.45, 7) is 0. The van der Waals surface area contributed by atoms with Gasteiger partial charge in [0, 0.05) is 28.3 Å². The highest BCUT2D eigenvalue weighted by molar-refractivity contribution is 7.10. The fourth-order valence-electron chi connectivity index (χ4n) is 2.89. The fraction of sp³-hybridized carbons (Fsp3) is 0.500. The normalized spacial score (nSPS) is 24.6. The summed E-state index contributed by atoms with van der Waals surface area (Å²) in [6, 6.07) is 9.67. The van der Waals surface area contributed by atoms with E-state index in [-0.39, 0.29) is 6.10 Å². The van der Waals surface area contributed by atoms with Gasteiger partial charge in [0.25, 0.3) is 0 Å². The number of aliphatic hydroxyl groups excluding tert-OH is 1. The number of nitrogens with one attached hydrogen (secondary N) is 1. The van der Waals surface area contributed by atoms with Crippen molar-refractivity contribution < 1.29 is 5.11 Å². The molecule has 2 heterocycles. The zero-order valence-electron chi connectivity index (χ0n) is 11.5. The number of thiophene rings is 2. The van der Waals surface area contributed by atoms with Crippen LogP contribution in [0.1, 0.15) is 41.5 Å². The number of hydrogen-bond acceptors (Lipinski definition) is 4. The van der Waals surface area contributed by atoms with Gasteiger partial charge in [0.15, 0.2) is 0 Å². The fourth-order valence-corrected chi connectivity index (χ4v) is 4.43. The van der Waals surface area contributed by atoms with Crippen molar-refractivity contribution >= 4 is 22.7 Å². The highest BCUT2D eigenvalue weighted by Gasteiger charge is 2.23. The lowest BCUT2D eigenvalue weighted by Crippen LogP contribution is -2.37. The molecule has 0 aliphatic heterocycles. The van der Waals surface area contributed by atoms with Crippen LogP contribution < -0.4 is 5.32 Å². The van der Waals surface area contributed by atoms with Gasteiger partial charge in [0.2, 0.25) is 0 Å². The molecule has 1 fully saturated rings. The summed E-state index contributed by atoms with van der Waals surface area (Å²) in [7, 11) is 0. The molecule has 2 N–H and O–H groups in total. The summed E-state index contributed by atoms with van der Waals surface area (Å²) in [5.41, 5.74) is 0. The Morgan fingerprint density at radius 2 is 1.85 bits per heavy atom. The minimum absolute atomic E-state index is 0.0782. The van der Waals surface area contributed by atoms with Crippen molar-refractivity contribution in [3.8, 4) is 0 Å². The summed E-state index contributed by atoms with van der Waals surface area (Å²) >= 11 is 3.67. The first-order valence-corrected chi connectivity index (χ1v) is 9.07. The summed E-state index contributed by atoms with van der Waals surface area (Å²) < 4.78 is 0. The molecule has 1 saturated carbocycles. The van der Waals surface area contributed by atoms with Crippen molar-refractivity contribution in [2.75, 3.05) is 0 Å². The van der Waals surface area contributed by atoms with E-state index >= 15 is 0 Å². The van der Waals surface area contributed by atoms with Gasteiger partial charge in [-0.2, -0.15) is 0 Å². The van der Waals surface area contributed by atoms with E-state index in [1.54, 1.807) is 0 Å². The summed E-state index contributed by atoms with van der Waals surface area (Å²) in [4.78, 5) is 2.86. The quantitative estimate of drug-likeness (QED) is 0.875. The first kappa shape index (κ1) is 14.3. The Hall–Kier alpha value is -0.680. The first-order chi connectivity index (χ1) is 9.81. The highest BCUT2D eigenvalue weighted by atomic mass is 32.1. The Kier molecular flexibility index (Phi) is 4.89. The summed E-state index contributed by atoms with van der Waals surface area (Å²) in [5.74, 6) is 0. The maximum absolute atomic E-state index is 9.63. The number of aliphatic hydroxyl groups is 1. The Labute approximate surface area is 128 Å². The van der Waals surface area contributed by atoms with Gasteiger partial charge in [-0.25, -0.2) is 0 Å². The van der Waals surface area contributed by atoms with Gasteiger partial charge in [-0.3, -0.25) is 0 Å². The Morgan fingerprint density at radius 1 is 1.10 bits per heavy atom. The van der Waals surface area contributed by atoms with Crippen LogP contribution in [0.4, 0.5) is 0 Å². The van der Waals surface area contributed by atoms with E-state index in [0.29, 0.717) is 12.1 Å². The SMILES string of the molecule is OC1CCC(NC(Cc2cccs2)c2cccs2)CC1. The zero-order chi connectivity index (χ0) is 13.8. The van der Waals surface area contributed by atoms with Crippen molar-refractivity contribution in [1.29, 1.82) is 0 Å². The zero-order valence-corrected chi connectivity index (χ0v) is 13.1. The molecule has 1 aliphatic carbocycles.